The highest BCUT2D eigenvalue weighted by atomic mass is 32.2. The van der Waals surface area contributed by atoms with Crippen LogP contribution in [-0.4, -0.2) is 60.7 Å². The van der Waals surface area contributed by atoms with Gasteiger partial charge in [0, 0.05) is 32.3 Å². The van der Waals surface area contributed by atoms with Crippen molar-refractivity contribution in [1.82, 2.24) is 15.2 Å². The molecule has 1 aromatic heterocycles. The van der Waals surface area contributed by atoms with Gasteiger partial charge in [0.1, 0.15) is 5.03 Å². The number of aromatic nitrogens is 1. The number of anilines is 1. The van der Waals surface area contributed by atoms with Crippen LogP contribution < -0.4 is 10.2 Å². The quantitative estimate of drug-likeness (QED) is 0.815. The fourth-order valence-electron chi connectivity index (χ4n) is 2.40. The Balaban J connectivity index is 2.03. The summed E-state index contributed by atoms with van der Waals surface area (Å²) in [5.41, 5.74) is 0.855. The molecule has 0 spiro atoms. The largest absolute Gasteiger partial charge is 0.355 e. The molecule has 1 aromatic rings. The lowest BCUT2D eigenvalue weighted by Gasteiger charge is -2.32. The smallest absolute Gasteiger partial charge is 0.241 e. The molecule has 0 aromatic carbocycles. The van der Waals surface area contributed by atoms with Gasteiger partial charge in [-0.2, -0.15) is 0 Å². The predicted octanol–water partition coefficient (Wildman–Crippen LogP) is 1.37. The molecule has 6 nitrogen and oxygen atoms in total. The molecule has 0 saturated carbocycles. The molecule has 1 aliphatic rings. The maximum Gasteiger partial charge on any atom is 0.241 e. The van der Waals surface area contributed by atoms with Crippen molar-refractivity contribution in [1.29, 1.82) is 0 Å². The molecule has 0 aliphatic carbocycles. The molecule has 2 rings (SSSR count). The maximum atomic E-state index is 12.7. The summed E-state index contributed by atoms with van der Waals surface area (Å²) in [6.45, 7) is 4.06. The molecule has 7 heteroatoms. The minimum absolute atomic E-state index is 0.000101. The third-order valence-corrected chi connectivity index (χ3v) is 4.73. The van der Waals surface area contributed by atoms with E-state index in [1.165, 1.54) is 11.8 Å². The second kappa shape index (κ2) is 8.31. The van der Waals surface area contributed by atoms with Crippen LogP contribution in [0.2, 0.25) is 0 Å². The summed E-state index contributed by atoms with van der Waals surface area (Å²) >= 11 is 1.39. The van der Waals surface area contributed by atoms with Crippen molar-refractivity contribution in [2.75, 3.05) is 38.6 Å². The van der Waals surface area contributed by atoms with Gasteiger partial charge in [-0.15, -0.1) is 0 Å². The van der Waals surface area contributed by atoms with Gasteiger partial charge in [0.25, 0.3) is 0 Å². The summed E-state index contributed by atoms with van der Waals surface area (Å²) in [5, 5.41) is 3.29. The summed E-state index contributed by atoms with van der Waals surface area (Å²) in [7, 11) is 3.91. The number of thioether (sulfide) groups is 1. The number of fused-ring (bicyclic) bond motifs is 1. The third kappa shape index (κ3) is 4.68. The lowest BCUT2D eigenvalue weighted by atomic mass is 10.2. The van der Waals surface area contributed by atoms with Gasteiger partial charge in [0.15, 0.2) is 0 Å². The molecule has 126 valence electrons. The van der Waals surface area contributed by atoms with Crippen LogP contribution in [0.4, 0.5) is 5.69 Å². The van der Waals surface area contributed by atoms with E-state index in [2.05, 4.69) is 10.3 Å². The van der Waals surface area contributed by atoms with E-state index >= 15 is 0 Å². The highest BCUT2D eigenvalue weighted by Gasteiger charge is 2.35. The number of nitrogens with one attached hydrogen (secondary N) is 1. The Morgan fingerprint density at radius 1 is 1.48 bits per heavy atom. The fourth-order valence-corrected chi connectivity index (χ4v) is 3.55. The van der Waals surface area contributed by atoms with Gasteiger partial charge in [-0.05, 0) is 32.6 Å². The zero-order valence-corrected chi connectivity index (χ0v) is 14.7. The Labute approximate surface area is 141 Å². The second-order valence-corrected chi connectivity index (χ2v) is 6.97. The van der Waals surface area contributed by atoms with Crippen molar-refractivity contribution in [3.05, 3.63) is 18.3 Å². The van der Waals surface area contributed by atoms with Gasteiger partial charge in [0.2, 0.25) is 11.8 Å². The van der Waals surface area contributed by atoms with Crippen LogP contribution in [0.3, 0.4) is 0 Å². The first-order chi connectivity index (χ1) is 11.0. The van der Waals surface area contributed by atoms with Gasteiger partial charge in [-0.1, -0.05) is 18.7 Å². The standard InChI is InChI=1S/C16H24N4O2S/c1-4-9-20-12-6-5-7-18-15(12)23-13(16(20)22)11-14(21)17-8-10-19(2)3/h5-7,13H,4,8-11H2,1-3H3,(H,17,21). The van der Waals surface area contributed by atoms with E-state index in [0.717, 1.165) is 23.7 Å². The van der Waals surface area contributed by atoms with Gasteiger partial charge >= 0.3 is 0 Å². The molecule has 2 amide bonds. The lowest BCUT2D eigenvalue weighted by Crippen LogP contribution is -2.44. The normalized spacial score (nSPS) is 17.3. The fraction of sp³-hybridized carbons (Fsp3) is 0.562. The number of amides is 2. The summed E-state index contributed by atoms with van der Waals surface area (Å²) < 4.78 is 0. The van der Waals surface area contributed by atoms with E-state index in [4.69, 9.17) is 0 Å². The topological polar surface area (TPSA) is 65.5 Å². The van der Waals surface area contributed by atoms with E-state index in [0.29, 0.717) is 13.1 Å². The Morgan fingerprint density at radius 2 is 2.26 bits per heavy atom. The number of carbonyl (C=O) groups excluding carboxylic acids is 2. The molecular formula is C16H24N4O2S. The van der Waals surface area contributed by atoms with E-state index in [9.17, 15) is 9.59 Å². The Kier molecular flexibility index (Phi) is 6.41. The number of hydrogen-bond acceptors (Lipinski definition) is 5. The Bertz CT molecular complexity index is 565. The number of rotatable bonds is 7. The third-order valence-electron chi connectivity index (χ3n) is 3.54. The van der Waals surface area contributed by atoms with E-state index in [1.54, 1.807) is 11.1 Å². The van der Waals surface area contributed by atoms with Gasteiger partial charge in [-0.3, -0.25) is 9.59 Å². The second-order valence-electron chi connectivity index (χ2n) is 5.78. The highest BCUT2D eigenvalue weighted by Crippen LogP contribution is 2.38. The first-order valence-corrected chi connectivity index (χ1v) is 8.75. The van der Waals surface area contributed by atoms with Gasteiger partial charge < -0.3 is 15.1 Å². The molecule has 0 fully saturated rings. The van der Waals surface area contributed by atoms with Crippen LogP contribution in [0.25, 0.3) is 0 Å². The number of hydrogen-bond donors (Lipinski definition) is 1. The molecule has 2 heterocycles. The number of nitrogens with zero attached hydrogens (tertiary/aromatic N) is 3. The van der Waals surface area contributed by atoms with Gasteiger partial charge in [0.05, 0.1) is 10.9 Å². The molecular weight excluding hydrogens is 312 g/mol. The lowest BCUT2D eigenvalue weighted by molar-refractivity contribution is -0.124. The van der Waals surface area contributed by atoms with Gasteiger partial charge in [-0.25, -0.2) is 4.98 Å². The average molecular weight is 336 g/mol. The molecule has 1 N–H and O–H groups in total. The van der Waals surface area contributed by atoms with Crippen LogP contribution >= 0.6 is 11.8 Å². The zero-order chi connectivity index (χ0) is 16.8. The summed E-state index contributed by atoms with van der Waals surface area (Å²) in [6, 6.07) is 3.75. The van der Waals surface area contributed by atoms with Crippen LogP contribution in [0.5, 0.6) is 0 Å². The SMILES string of the molecule is CCCN1C(=O)C(CC(=O)NCCN(C)C)Sc2ncccc21. The van der Waals surface area contributed by atoms with E-state index < -0.39 is 5.25 Å². The van der Waals surface area contributed by atoms with E-state index in [-0.39, 0.29) is 18.2 Å². The first kappa shape index (κ1) is 17.7. The molecule has 0 bridgehead atoms. The molecule has 1 atom stereocenters. The first-order valence-electron chi connectivity index (χ1n) is 7.87. The molecule has 1 aliphatic heterocycles. The van der Waals surface area contributed by atoms with Crippen molar-refractivity contribution < 1.29 is 9.59 Å². The van der Waals surface area contributed by atoms with E-state index in [1.807, 2.05) is 38.1 Å². The highest BCUT2D eigenvalue weighted by molar-refractivity contribution is 8.00. The molecule has 1 unspecified atom stereocenters. The average Bonchev–Trinajstić information content (AvgIpc) is 2.51. The Hall–Kier alpha value is -1.60. The van der Waals surface area contributed by atoms with Crippen molar-refractivity contribution in [3.8, 4) is 0 Å². The van der Waals surface area contributed by atoms with Crippen LogP contribution in [0.1, 0.15) is 19.8 Å². The van der Waals surface area contributed by atoms with Crippen LogP contribution in [-0.2, 0) is 9.59 Å². The van der Waals surface area contributed by atoms with Crippen LogP contribution in [0.15, 0.2) is 23.4 Å². The molecule has 23 heavy (non-hydrogen) atoms. The summed E-state index contributed by atoms with van der Waals surface area (Å²) in [4.78, 5) is 32.9. The monoisotopic (exact) mass is 336 g/mol. The number of likely N-dealkylation sites (N-methyl/N-ethyl adjacent to an activating group) is 1. The van der Waals surface area contributed by atoms with Crippen molar-refractivity contribution >= 4 is 29.3 Å². The summed E-state index contributed by atoms with van der Waals surface area (Å²) in [6.07, 6.45) is 2.78. The van der Waals surface area contributed by atoms with Crippen molar-refractivity contribution in [2.45, 2.75) is 30.0 Å². The summed E-state index contributed by atoms with van der Waals surface area (Å²) in [5.74, 6) is -0.0892. The van der Waals surface area contributed by atoms with Crippen molar-refractivity contribution in [2.24, 2.45) is 0 Å². The molecule has 0 radical (unpaired) electrons. The number of pyridine rings is 1. The maximum absolute atomic E-state index is 12.7. The zero-order valence-electron chi connectivity index (χ0n) is 13.9. The Morgan fingerprint density at radius 3 is 2.96 bits per heavy atom. The minimum Gasteiger partial charge on any atom is -0.355 e. The molecule has 0 saturated heterocycles. The number of carbonyl (C=O) groups is 2. The van der Waals surface area contributed by atoms with Crippen molar-refractivity contribution in [3.63, 3.8) is 0 Å². The van der Waals surface area contributed by atoms with Crippen LogP contribution in [0, 0.1) is 0 Å². The minimum atomic E-state index is -0.400. The predicted molar refractivity (Wildman–Crippen MR) is 92.7 cm³/mol.